The van der Waals surface area contributed by atoms with Crippen molar-refractivity contribution in [3.8, 4) is 23.1 Å². The van der Waals surface area contributed by atoms with Crippen molar-refractivity contribution in [2.75, 3.05) is 11.9 Å². The minimum atomic E-state index is -0.349. The molecule has 0 bridgehead atoms. The maximum atomic E-state index is 13.8. The fourth-order valence-electron chi connectivity index (χ4n) is 3.45. The van der Waals surface area contributed by atoms with Gasteiger partial charge >= 0.3 is 6.01 Å². The number of carbonyl (C=O) groups is 1. The van der Waals surface area contributed by atoms with Crippen molar-refractivity contribution in [1.82, 2.24) is 14.8 Å². The number of hydrogen-bond donors (Lipinski definition) is 1. The van der Waals surface area contributed by atoms with Crippen LogP contribution in [0.3, 0.4) is 0 Å². The summed E-state index contributed by atoms with van der Waals surface area (Å²) in [6.07, 6.45) is 7.43. The number of rotatable bonds is 12. The van der Waals surface area contributed by atoms with Crippen LogP contribution < -0.4 is 10.1 Å². The summed E-state index contributed by atoms with van der Waals surface area (Å²) >= 11 is 0. The molecule has 170 valence electrons. The summed E-state index contributed by atoms with van der Waals surface area (Å²) in [5.41, 5.74) is 2.05. The van der Waals surface area contributed by atoms with Crippen LogP contribution >= 0.6 is 0 Å². The average Bonchev–Trinajstić information content (AvgIpc) is 3.21. The van der Waals surface area contributed by atoms with Gasteiger partial charge in [-0.25, -0.2) is 9.07 Å². The van der Waals surface area contributed by atoms with Crippen LogP contribution in [0.25, 0.3) is 17.1 Å². The van der Waals surface area contributed by atoms with Crippen LogP contribution in [0.4, 0.5) is 10.1 Å². The van der Waals surface area contributed by atoms with Crippen molar-refractivity contribution in [1.29, 1.82) is 0 Å². The Hall–Kier alpha value is -3.22. The lowest BCUT2D eigenvalue weighted by Gasteiger charge is -2.09. The molecule has 3 aromatic rings. The summed E-state index contributed by atoms with van der Waals surface area (Å²) in [7, 11) is 0. The Labute approximate surface area is 188 Å². The number of carbonyl (C=O) groups excluding carboxylic acids is 1. The number of halogens is 1. The van der Waals surface area contributed by atoms with Gasteiger partial charge in [0.05, 0.1) is 12.3 Å². The van der Waals surface area contributed by atoms with Gasteiger partial charge in [-0.05, 0) is 49.7 Å². The fraction of sp³-hybridized carbons (Fsp3) is 0.400. The van der Waals surface area contributed by atoms with E-state index >= 15 is 0 Å². The predicted molar refractivity (Wildman–Crippen MR) is 125 cm³/mol. The van der Waals surface area contributed by atoms with Crippen molar-refractivity contribution in [2.45, 2.75) is 58.8 Å². The molecule has 0 atom stereocenters. The van der Waals surface area contributed by atoms with Crippen LogP contribution in [0, 0.1) is 5.82 Å². The Morgan fingerprint density at radius 3 is 2.50 bits per heavy atom. The first-order chi connectivity index (χ1) is 15.6. The molecule has 2 aromatic carbocycles. The molecule has 0 saturated heterocycles. The summed E-state index contributed by atoms with van der Waals surface area (Å²) in [6, 6.07) is 13.8. The normalized spacial score (nSPS) is 10.8. The number of unbranched alkanes of at least 4 members (excludes halogenated alkanes) is 5. The molecule has 6 nitrogen and oxygen atoms in total. The highest BCUT2D eigenvalue weighted by molar-refractivity contribution is 5.90. The van der Waals surface area contributed by atoms with E-state index in [2.05, 4.69) is 22.3 Å². The van der Waals surface area contributed by atoms with E-state index in [-0.39, 0.29) is 17.7 Å². The van der Waals surface area contributed by atoms with Crippen molar-refractivity contribution in [3.63, 3.8) is 0 Å². The molecule has 1 amide bonds. The van der Waals surface area contributed by atoms with Crippen LogP contribution in [-0.4, -0.2) is 27.3 Å². The highest BCUT2D eigenvalue weighted by atomic mass is 19.1. The van der Waals surface area contributed by atoms with Crippen molar-refractivity contribution >= 4 is 11.6 Å². The molecule has 0 unspecified atom stereocenters. The second-order valence-corrected chi connectivity index (χ2v) is 7.69. The standard InChI is InChI=1S/C25H31FN4O2/c1-3-5-6-7-8-9-13-23(31)27-21-14-16-22(17-15-21)30-24(28-25(29-30)32-4-2)19-11-10-12-20(26)18-19/h10-12,14-18H,3-9,13H2,1-2H3,(H,27,31). The first-order valence-corrected chi connectivity index (χ1v) is 11.4. The molecule has 7 heteroatoms. The van der Waals surface area contributed by atoms with E-state index in [0.29, 0.717) is 24.4 Å². The summed E-state index contributed by atoms with van der Waals surface area (Å²) in [6.45, 7) is 4.48. The number of aromatic nitrogens is 3. The monoisotopic (exact) mass is 438 g/mol. The van der Waals surface area contributed by atoms with Crippen molar-refractivity contribution < 1.29 is 13.9 Å². The smallest absolute Gasteiger partial charge is 0.336 e. The van der Waals surface area contributed by atoms with Gasteiger partial charge in [0.25, 0.3) is 0 Å². The Kier molecular flexibility index (Phi) is 8.78. The van der Waals surface area contributed by atoms with E-state index in [1.807, 2.05) is 31.2 Å². The number of nitrogens with one attached hydrogen (secondary N) is 1. The molecule has 0 fully saturated rings. The Bertz CT molecular complexity index is 1000. The van der Waals surface area contributed by atoms with Gasteiger partial charge in [-0.3, -0.25) is 4.79 Å². The third-order valence-corrected chi connectivity index (χ3v) is 5.10. The first kappa shape index (κ1) is 23.4. The number of benzene rings is 2. The molecule has 1 heterocycles. The van der Waals surface area contributed by atoms with Gasteiger partial charge < -0.3 is 10.1 Å². The van der Waals surface area contributed by atoms with Crippen LogP contribution in [0.15, 0.2) is 48.5 Å². The van der Waals surface area contributed by atoms with Gasteiger partial charge in [0, 0.05) is 17.7 Å². The van der Waals surface area contributed by atoms with Crippen LogP contribution in [-0.2, 0) is 4.79 Å². The van der Waals surface area contributed by atoms with Gasteiger partial charge in [0.2, 0.25) is 5.91 Å². The minimum Gasteiger partial charge on any atom is -0.463 e. The topological polar surface area (TPSA) is 69.0 Å². The molecule has 0 aliphatic rings. The highest BCUT2D eigenvalue weighted by Gasteiger charge is 2.15. The van der Waals surface area contributed by atoms with Crippen LogP contribution in [0.1, 0.15) is 58.8 Å². The van der Waals surface area contributed by atoms with Crippen molar-refractivity contribution in [3.05, 3.63) is 54.3 Å². The fourth-order valence-corrected chi connectivity index (χ4v) is 3.45. The van der Waals surface area contributed by atoms with Gasteiger partial charge in [-0.1, -0.05) is 51.2 Å². The molecular weight excluding hydrogens is 407 g/mol. The van der Waals surface area contributed by atoms with Crippen LogP contribution in [0.2, 0.25) is 0 Å². The van der Waals surface area contributed by atoms with Crippen molar-refractivity contribution in [2.24, 2.45) is 0 Å². The lowest BCUT2D eigenvalue weighted by atomic mass is 10.1. The molecule has 32 heavy (non-hydrogen) atoms. The zero-order valence-corrected chi connectivity index (χ0v) is 18.8. The van der Waals surface area contributed by atoms with E-state index in [1.54, 1.807) is 16.8 Å². The zero-order chi connectivity index (χ0) is 22.8. The molecule has 1 N–H and O–H groups in total. The first-order valence-electron chi connectivity index (χ1n) is 11.4. The molecule has 3 rings (SSSR count). The number of nitrogens with zero attached hydrogens (tertiary/aromatic N) is 3. The molecule has 0 spiro atoms. The largest absolute Gasteiger partial charge is 0.463 e. The number of ether oxygens (including phenoxy) is 1. The third-order valence-electron chi connectivity index (χ3n) is 5.10. The van der Waals surface area contributed by atoms with E-state index in [1.165, 1.54) is 37.8 Å². The van der Waals surface area contributed by atoms with E-state index in [9.17, 15) is 9.18 Å². The SMILES string of the molecule is CCCCCCCCC(=O)Nc1ccc(-n2nc(OCC)nc2-c2cccc(F)c2)cc1. The number of hydrogen-bond acceptors (Lipinski definition) is 4. The molecule has 0 radical (unpaired) electrons. The second-order valence-electron chi connectivity index (χ2n) is 7.69. The number of anilines is 1. The minimum absolute atomic E-state index is 0.0214. The highest BCUT2D eigenvalue weighted by Crippen LogP contribution is 2.25. The van der Waals surface area contributed by atoms with Gasteiger partial charge in [0.15, 0.2) is 5.82 Å². The van der Waals surface area contributed by atoms with Crippen LogP contribution in [0.5, 0.6) is 6.01 Å². The van der Waals surface area contributed by atoms with Gasteiger partial charge in [-0.15, -0.1) is 5.10 Å². The van der Waals surface area contributed by atoms with E-state index in [0.717, 1.165) is 24.2 Å². The van der Waals surface area contributed by atoms with E-state index in [4.69, 9.17) is 4.74 Å². The molecule has 0 saturated carbocycles. The summed E-state index contributed by atoms with van der Waals surface area (Å²) in [5, 5.41) is 7.35. The Balaban J connectivity index is 1.67. The zero-order valence-electron chi connectivity index (χ0n) is 18.8. The Morgan fingerprint density at radius 2 is 1.78 bits per heavy atom. The summed E-state index contributed by atoms with van der Waals surface area (Å²) in [4.78, 5) is 16.6. The van der Waals surface area contributed by atoms with Gasteiger partial charge in [-0.2, -0.15) is 4.98 Å². The third kappa shape index (κ3) is 6.64. The Morgan fingerprint density at radius 1 is 1.03 bits per heavy atom. The molecule has 0 aliphatic carbocycles. The average molecular weight is 439 g/mol. The molecule has 0 aliphatic heterocycles. The summed E-state index contributed by atoms with van der Waals surface area (Å²) < 4.78 is 20.8. The lowest BCUT2D eigenvalue weighted by molar-refractivity contribution is -0.116. The quantitative estimate of drug-likeness (QED) is 0.344. The van der Waals surface area contributed by atoms with E-state index < -0.39 is 0 Å². The van der Waals surface area contributed by atoms with Gasteiger partial charge in [0.1, 0.15) is 5.82 Å². The molecule has 1 aromatic heterocycles. The summed E-state index contributed by atoms with van der Waals surface area (Å²) in [5.74, 6) is 0.152. The maximum absolute atomic E-state index is 13.8. The lowest BCUT2D eigenvalue weighted by Crippen LogP contribution is -2.11. The maximum Gasteiger partial charge on any atom is 0.336 e. The molecular formula is C25H31FN4O2. The second kappa shape index (κ2) is 12.0. The number of amides is 1. The predicted octanol–water partition coefficient (Wildman–Crippen LogP) is 6.16.